The minimum Gasteiger partial charge on any atom is -0.256 e. The SMILES string of the molecule is CC(=S)c1ccnc2ccccc12. The van der Waals surface area contributed by atoms with E-state index in [9.17, 15) is 0 Å². The van der Waals surface area contributed by atoms with Crippen molar-refractivity contribution in [1.29, 1.82) is 0 Å². The highest BCUT2D eigenvalue weighted by Gasteiger charge is 2.01. The van der Waals surface area contributed by atoms with Crippen LogP contribution in [0.1, 0.15) is 12.5 Å². The molecule has 0 unspecified atom stereocenters. The number of benzene rings is 1. The molecule has 2 heteroatoms. The number of hydrogen-bond acceptors (Lipinski definition) is 2. The van der Waals surface area contributed by atoms with Crippen molar-refractivity contribution in [2.75, 3.05) is 0 Å². The summed E-state index contributed by atoms with van der Waals surface area (Å²) in [5.74, 6) is 0. The molecule has 64 valence electrons. The largest absolute Gasteiger partial charge is 0.256 e. The molecule has 0 amide bonds. The van der Waals surface area contributed by atoms with Crippen LogP contribution in [0.4, 0.5) is 0 Å². The Kier molecular flexibility index (Phi) is 2.07. The summed E-state index contributed by atoms with van der Waals surface area (Å²) in [6.45, 7) is 1.94. The summed E-state index contributed by atoms with van der Waals surface area (Å²) in [6, 6.07) is 10.00. The smallest absolute Gasteiger partial charge is 0.0708 e. The molecule has 0 atom stereocenters. The second-order valence-electron chi connectivity index (χ2n) is 2.93. The highest BCUT2D eigenvalue weighted by Crippen LogP contribution is 2.16. The van der Waals surface area contributed by atoms with E-state index in [2.05, 4.69) is 4.98 Å². The lowest BCUT2D eigenvalue weighted by molar-refractivity contribution is 1.41. The molecule has 0 radical (unpaired) electrons. The standard InChI is InChI=1S/C11H9NS/c1-8(13)9-6-7-12-11-5-3-2-4-10(9)11/h2-7H,1H3. The number of aromatic nitrogens is 1. The first-order valence-electron chi connectivity index (χ1n) is 4.14. The van der Waals surface area contributed by atoms with Gasteiger partial charge in [-0.1, -0.05) is 30.4 Å². The molecule has 0 aliphatic rings. The van der Waals surface area contributed by atoms with Crippen LogP contribution in [0, 0.1) is 0 Å². The van der Waals surface area contributed by atoms with Gasteiger partial charge in [0.25, 0.3) is 0 Å². The highest BCUT2D eigenvalue weighted by atomic mass is 32.1. The van der Waals surface area contributed by atoms with Gasteiger partial charge in [0, 0.05) is 16.4 Å². The molecule has 0 saturated heterocycles. The van der Waals surface area contributed by atoms with E-state index in [0.717, 1.165) is 21.3 Å². The van der Waals surface area contributed by atoms with Gasteiger partial charge in [-0.2, -0.15) is 0 Å². The topological polar surface area (TPSA) is 12.9 Å². The van der Waals surface area contributed by atoms with Crippen molar-refractivity contribution in [3.05, 3.63) is 42.1 Å². The van der Waals surface area contributed by atoms with Crippen LogP contribution in [-0.4, -0.2) is 9.85 Å². The van der Waals surface area contributed by atoms with Gasteiger partial charge in [0.2, 0.25) is 0 Å². The first kappa shape index (κ1) is 8.32. The predicted octanol–water partition coefficient (Wildman–Crippen LogP) is 2.97. The second-order valence-corrected chi connectivity index (χ2v) is 3.54. The molecular weight excluding hydrogens is 178 g/mol. The lowest BCUT2D eigenvalue weighted by Crippen LogP contribution is -1.92. The number of fused-ring (bicyclic) bond motifs is 1. The third kappa shape index (κ3) is 1.45. The van der Waals surface area contributed by atoms with Crippen molar-refractivity contribution < 1.29 is 0 Å². The molecule has 2 aromatic rings. The maximum Gasteiger partial charge on any atom is 0.0708 e. The highest BCUT2D eigenvalue weighted by molar-refractivity contribution is 7.80. The van der Waals surface area contributed by atoms with E-state index >= 15 is 0 Å². The monoisotopic (exact) mass is 187 g/mol. The second kappa shape index (κ2) is 3.23. The molecular formula is C11H9NS. The molecule has 2 rings (SSSR count). The van der Waals surface area contributed by atoms with Gasteiger partial charge in [-0.05, 0) is 24.6 Å². The van der Waals surface area contributed by atoms with Gasteiger partial charge in [0.05, 0.1) is 5.52 Å². The minimum atomic E-state index is 0.915. The number of thiocarbonyl (C=S) groups is 1. The predicted molar refractivity (Wildman–Crippen MR) is 59.1 cm³/mol. The van der Waals surface area contributed by atoms with Crippen LogP contribution in [0.5, 0.6) is 0 Å². The number of nitrogens with zero attached hydrogens (tertiary/aromatic N) is 1. The zero-order chi connectivity index (χ0) is 9.26. The van der Waals surface area contributed by atoms with Crippen LogP contribution >= 0.6 is 12.2 Å². The Morgan fingerprint density at radius 1 is 1.23 bits per heavy atom. The molecule has 0 bridgehead atoms. The van der Waals surface area contributed by atoms with Crippen LogP contribution in [-0.2, 0) is 0 Å². The molecule has 1 aromatic carbocycles. The van der Waals surface area contributed by atoms with E-state index in [1.165, 1.54) is 0 Å². The maximum atomic E-state index is 5.16. The Morgan fingerprint density at radius 2 is 2.00 bits per heavy atom. The van der Waals surface area contributed by atoms with E-state index in [-0.39, 0.29) is 0 Å². The maximum absolute atomic E-state index is 5.16. The van der Waals surface area contributed by atoms with Crippen LogP contribution in [0.15, 0.2) is 36.5 Å². The Balaban J connectivity index is 2.83. The van der Waals surface area contributed by atoms with Crippen molar-refractivity contribution in [3.63, 3.8) is 0 Å². The summed E-state index contributed by atoms with van der Waals surface area (Å²) < 4.78 is 0. The fourth-order valence-corrected chi connectivity index (χ4v) is 1.58. The van der Waals surface area contributed by atoms with Crippen molar-refractivity contribution in [2.45, 2.75) is 6.92 Å². The first-order chi connectivity index (χ1) is 6.29. The van der Waals surface area contributed by atoms with Crippen molar-refractivity contribution in [1.82, 2.24) is 4.98 Å². The van der Waals surface area contributed by atoms with E-state index in [1.54, 1.807) is 6.20 Å². The fourth-order valence-electron chi connectivity index (χ4n) is 1.40. The molecule has 0 fully saturated rings. The molecule has 0 spiro atoms. The number of para-hydroxylation sites is 1. The fraction of sp³-hybridized carbons (Fsp3) is 0.0909. The van der Waals surface area contributed by atoms with Crippen molar-refractivity contribution in [2.24, 2.45) is 0 Å². The Hall–Kier alpha value is -1.28. The van der Waals surface area contributed by atoms with Crippen molar-refractivity contribution in [3.8, 4) is 0 Å². The van der Waals surface area contributed by atoms with Gasteiger partial charge < -0.3 is 0 Å². The minimum absolute atomic E-state index is 0.915. The Bertz CT molecular complexity index is 457. The molecule has 1 aromatic heterocycles. The normalized spacial score (nSPS) is 10.2. The Morgan fingerprint density at radius 3 is 2.77 bits per heavy atom. The molecule has 1 nitrogen and oxygen atoms in total. The van der Waals surface area contributed by atoms with Crippen LogP contribution in [0.2, 0.25) is 0 Å². The zero-order valence-corrected chi connectivity index (χ0v) is 8.14. The number of hydrogen-bond donors (Lipinski definition) is 0. The van der Waals surface area contributed by atoms with Crippen molar-refractivity contribution >= 4 is 28.0 Å². The summed E-state index contributed by atoms with van der Waals surface area (Å²) in [7, 11) is 0. The number of pyridine rings is 1. The quantitative estimate of drug-likeness (QED) is 0.503. The van der Waals surface area contributed by atoms with E-state index in [0.29, 0.717) is 0 Å². The van der Waals surface area contributed by atoms with E-state index < -0.39 is 0 Å². The van der Waals surface area contributed by atoms with Crippen LogP contribution in [0.25, 0.3) is 10.9 Å². The lowest BCUT2D eigenvalue weighted by Gasteiger charge is -2.02. The average molecular weight is 187 g/mol. The molecule has 0 aliphatic carbocycles. The van der Waals surface area contributed by atoms with E-state index in [1.807, 2.05) is 37.3 Å². The van der Waals surface area contributed by atoms with Crippen LogP contribution < -0.4 is 0 Å². The molecule has 13 heavy (non-hydrogen) atoms. The zero-order valence-electron chi connectivity index (χ0n) is 7.32. The third-order valence-corrected chi connectivity index (χ3v) is 2.25. The van der Waals surface area contributed by atoms with Gasteiger partial charge in [-0.25, -0.2) is 0 Å². The Labute approximate surface area is 82.4 Å². The summed E-state index contributed by atoms with van der Waals surface area (Å²) in [5.41, 5.74) is 2.12. The van der Waals surface area contributed by atoms with Gasteiger partial charge in [-0.3, -0.25) is 4.98 Å². The van der Waals surface area contributed by atoms with Gasteiger partial charge in [-0.15, -0.1) is 0 Å². The molecule has 1 heterocycles. The molecule has 0 aliphatic heterocycles. The summed E-state index contributed by atoms with van der Waals surface area (Å²) >= 11 is 5.16. The van der Waals surface area contributed by atoms with Gasteiger partial charge in [0.15, 0.2) is 0 Å². The first-order valence-corrected chi connectivity index (χ1v) is 4.54. The summed E-state index contributed by atoms with van der Waals surface area (Å²) in [4.78, 5) is 5.18. The molecule has 0 saturated carbocycles. The van der Waals surface area contributed by atoms with Gasteiger partial charge >= 0.3 is 0 Å². The van der Waals surface area contributed by atoms with Crippen LogP contribution in [0.3, 0.4) is 0 Å². The van der Waals surface area contributed by atoms with E-state index in [4.69, 9.17) is 12.2 Å². The average Bonchev–Trinajstić information content (AvgIpc) is 2.17. The van der Waals surface area contributed by atoms with Gasteiger partial charge in [0.1, 0.15) is 0 Å². The third-order valence-electron chi connectivity index (χ3n) is 2.03. The summed E-state index contributed by atoms with van der Waals surface area (Å²) in [6.07, 6.45) is 1.80. The molecule has 0 N–H and O–H groups in total. The summed E-state index contributed by atoms with van der Waals surface area (Å²) in [5, 5.41) is 1.14. The lowest BCUT2D eigenvalue weighted by atomic mass is 10.1. The number of rotatable bonds is 1.